The van der Waals surface area contributed by atoms with Gasteiger partial charge in [0.15, 0.2) is 0 Å². The summed E-state index contributed by atoms with van der Waals surface area (Å²) in [6, 6.07) is 17.1. The Bertz CT molecular complexity index is 1550. The molecule has 0 saturated carbocycles. The van der Waals surface area contributed by atoms with E-state index in [9.17, 15) is 13.2 Å². The summed E-state index contributed by atoms with van der Waals surface area (Å²) in [7, 11) is 0. The van der Waals surface area contributed by atoms with Crippen LogP contribution in [0.25, 0.3) is 28.1 Å². The molecule has 36 heavy (non-hydrogen) atoms. The molecule has 1 aliphatic heterocycles. The third-order valence-electron chi connectivity index (χ3n) is 5.25. The summed E-state index contributed by atoms with van der Waals surface area (Å²) in [6.07, 6.45) is 0.0353. The predicted octanol–water partition coefficient (Wildman–Crippen LogP) is 5.87. The molecule has 0 spiro atoms. The fraction of sp³-hybridized carbons (Fsp3) is 0.154. The number of nitrogens with zero attached hydrogens (tertiary/aromatic N) is 5. The van der Waals surface area contributed by atoms with Gasteiger partial charge in [0, 0.05) is 24.1 Å². The highest BCUT2D eigenvalue weighted by molar-refractivity contribution is 5.84. The van der Waals surface area contributed by atoms with Crippen molar-refractivity contribution in [1.29, 1.82) is 0 Å². The van der Waals surface area contributed by atoms with Crippen molar-refractivity contribution < 1.29 is 17.9 Å². The standard InChI is InChI=1S/C26H21F3N6O/c1-16(2)32-21-14-24-22(13-20(21)34-25-15-30-11-12-31-25)33-19-5-3-4-6-23(19)35(24)17-7-9-18(10-8-17)36-26(27,28)29/h3-16H,1-2H3,(H,31,34). The molecule has 3 aromatic rings. The van der Waals surface area contributed by atoms with Gasteiger partial charge in [-0.2, -0.15) is 0 Å². The number of ether oxygens (including phenoxy) is 1. The number of alkyl halides is 3. The van der Waals surface area contributed by atoms with Crippen molar-refractivity contribution in [2.24, 2.45) is 4.99 Å². The molecule has 0 unspecified atom stereocenters. The van der Waals surface area contributed by atoms with Gasteiger partial charge in [-0.25, -0.2) is 9.97 Å². The van der Waals surface area contributed by atoms with E-state index in [4.69, 9.17) is 9.98 Å². The minimum absolute atomic E-state index is 0.00511. The van der Waals surface area contributed by atoms with Crippen LogP contribution in [0, 0.1) is 0 Å². The number of benzene rings is 3. The lowest BCUT2D eigenvalue weighted by atomic mass is 10.1. The molecule has 0 radical (unpaired) electrons. The molecule has 0 bridgehead atoms. The smallest absolute Gasteiger partial charge is 0.406 e. The number of anilines is 2. The van der Waals surface area contributed by atoms with Gasteiger partial charge in [-0.1, -0.05) is 12.1 Å². The molecule has 10 heteroatoms. The number of hydrogen-bond donors (Lipinski definition) is 1. The quantitative estimate of drug-likeness (QED) is 0.312. The second kappa shape index (κ2) is 9.29. The van der Waals surface area contributed by atoms with Crippen molar-refractivity contribution in [2.45, 2.75) is 26.3 Å². The maximum atomic E-state index is 12.7. The molecule has 0 amide bonds. The highest BCUT2D eigenvalue weighted by Crippen LogP contribution is 2.31. The largest absolute Gasteiger partial charge is 0.573 e. The zero-order chi connectivity index (χ0) is 25.3. The van der Waals surface area contributed by atoms with E-state index in [2.05, 4.69) is 20.0 Å². The Morgan fingerprint density at radius 1 is 1.00 bits per heavy atom. The van der Waals surface area contributed by atoms with E-state index in [1.54, 1.807) is 30.7 Å². The molecular formula is C26H21F3N6O. The van der Waals surface area contributed by atoms with Gasteiger partial charge in [-0.05, 0) is 62.4 Å². The summed E-state index contributed by atoms with van der Waals surface area (Å²) < 4.78 is 44.0. The van der Waals surface area contributed by atoms with Crippen LogP contribution >= 0.6 is 0 Å². The SMILES string of the molecule is CC(C)N=c1cc2n(-c3ccc(OC(F)(F)F)cc3)c3ccccc3nc-2cc1Nc1cnccn1. The van der Waals surface area contributed by atoms with Crippen LogP contribution in [0.1, 0.15) is 13.8 Å². The summed E-state index contributed by atoms with van der Waals surface area (Å²) in [5, 5.41) is 3.95. The normalized spacial score (nSPS) is 12.4. The molecule has 2 heterocycles. The van der Waals surface area contributed by atoms with Crippen LogP contribution in [0.15, 0.2) is 84.2 Å². The van der Waals surface area contributed by atoms with E-state index in [-0.39, 0.29) is 11.8 Å². The Labute approximate surface area is 204 Å². The Morgan fingerprint density at radius 3 is 2.47 bits per heavy atom. The monoisotopic (exact) mass is 490 g/mol. The highest BCUT2D eigenvalue weighted by atomic mass is 19.4. The number of halogens is 3. The van der Waals surface area contributed by atoms with Crippen LogP contribution in [-0.4, -0.2) is 31.9 Å². The number of aromatic nitrogens is 4. The molecule has 182 valence electrons. The van der Waals surface area contributed by atoms with Gasteiger partial charge in [-0.3, -0.25) is 9.98 Å². The fourth-order valence-corrected chi connectivity index (χ4v) is 3.90. The summed E-state index contributed by atoms with van der Waals surface area (Å²) in [5.41, 5.74) is 4.28. The molecule has 5 rings (SSSR count). The first kappa shape index (κ1) is 23.3. The molecule has 0 saturated heterocycles. The average molecular weight is 490 g/mol. The van der Waals surface area contributed by atoms with Gasteiger partial charge in [0.25, 0.3) is 0 Å². The van der Waals surface area contributed by atoms with Gasteiger partial charge in [-0.15, -0.1) is 13.2 Å². The maximum Gasteiger partial charge on any atom is 0.573 e. The van der Waals surface area contributed by atoms with E-state index in [0.717, 1.165) is 16.7 Å². The van der Waals surface area contributed by atoms with Crippen molar-refractivity contribution in [2.75, 3.05) is 5.32 Å². The van der Waals surface area contributed by atoms with Gasteiger partial charge >= 0.3 is 6.36 Å². The molecule has 1 N–H and O–H groups in total. The lowest BCUT2D eigenvalue weighted by Gasteiger charge is -2.20. The number of rotatable bonds is 5. The van der Waals surface area contributed by atoms with Crippen molar-refractivity contribution in [3.63, 3.8) is 0 Å². The second-order valence-corrected chi connectivity index (χ2v) is 8.27. The number of fused-ring (bicyclic) bond motifs is 2. The predicted molar refractivity (Wildman–Crippen MR) is 130 cm³/mol. The van der Waals surface area contributed by atoms with Crippen LogP contribution in [-0.2, 0) is 0 Å². The molecule has 0 fully saturated rings. The van der Waals surface area contributed by atoms with Crippen LogP contribution in [0.3, 0.4) is 0 Å². The van der Waals surface area contributed by atoms with Crippen molar-refractivity contribution in [3.8, 4) is 22.8 Å². The van der Waals surface area contributed by atoms with Crippen molar-refractivity contribution >= 4 is 22.5 Å². The van der Waals surface area contributed by atoms with Crippen molar-refractivity contribution in [1.82, 2.24) is 19.5 Å². The molecular weight excluding hydrogens is 469 g/mol. The lowest BCUT2D eigenvalue weighted by Crippen LogP contribution is -2.17. The van der Waals surface area contributed by atoms with Gasteiger partial charge in [0.05, 0.1) is 39.7 Å². The van der Waals surface area contributed by atoms with E-state index in [1.165, 1.54) is 12.1 Å². The van der Waals surface area contributed by atoms with E-state index in [1.807, 2.05) is 54.8 Å². The van der Waals surface area contributed by atoms with Crippen LogP contribution in [0.2, 0.25) is 0 Å². The maximum absolute atomic E-state index is 12.7. The number of para-hydroxylation sites is 2. The van der Waals surface area contributed by atoms with Gasteiger partial charge in [0.2, 0.25) is 0 Å². The van der Waals surface area contributed by atoms with Crippen LogP contribution in [0.4, 0.5) is 24.7 Å². The average Bonchev–Trinajstić information content (AvgIpc) is 2.83. The highest BCUT2D eigenvalue weighted by Gasteiger charge is 2.31. The lowest BCUT2D eigenvalue weighted by molar-refractivity contribution is -0.274. The molecule has 2 aliphatic rings. The Kier molecular flexibility index (Phi) is 6.01. The first-order valence-electron chi connectivity index (χ1n) is 11.2. The zero-order valence-corrected chi connectivity index (χ0v) is 19.4. The number of nitrogens with one attached hydrogen (secondary N) is 1. The Hall–Kier alpha value is -4.47. The molecule has 1 aliphatic carbocycles. The number of hydrogen-bond acceptors (Lipinski definition) is 6. The minimum Gasteiger partial charge on any atom is -0.406 e. The zero-order valence-electron chi connectivity index (χ0n) is 19.4. The first-order chi connectivity index (χ1) is 17.3. The Balaban J connectivity index is 1.74. The van der Waals surface area contributed by atoms with Gasteiger partial charge < -0.3 is 14.6 Å². The Morgan fingerprint density at radius 2 is 1.78 bits per heavy atom. The van der Waals surface area contributed by atoms with Crippen LogP contribution < -0.4 is 15.4 Å². The topological polar surface area (TPSA) is 77.2 Å². The van der Waals surface area contributed by atoms with Gasteiger partial charge in [0.1, 0.15) is 11.6 Å². The van der Waals surface area contributed by atoms with E-state index in [0.29, 0.717) is 28.2 Å². The van der Waals surface area contributed by atoms with Crippen molar-refractivity contribution in [3.05, 3.63) is 84.6 Å². The van der Waals surface area contributed by atoms with E-state index >= 15 is 0 Å². The molecule has 0 atom stereocenters. The summed E-state index contributed by atoms with van der Waals surface area (Å²) in [5.74, 6) is 0.270. The summed E-state index contributed by atoms with van der Waals surface area (Å²) >= 11 is 0. The minimum atomic E-state index is -4.76. The molecule has 7 nitrogen and oxygen atoms in total. The third kappa shape index (κ3) is 4.97. The summed E-state index contributed by atoms with van der Waals surface area (Å²) in [6.45, 7) is 3.95. The molecule has 1 aromatic heterocycles. The van der Waals surface area contributed by atoms with Crippen LogP contribution in [0.5, 0.6) is 5.75 Å². The fourth-order valence-electron chi connectivity index (χ4n) is 3.90. The first-order valence-corrected chi connectivity index (χ1v) is 11.2. The van der Waals surface area contributed by atoms with E-state index < -0.39 is 6.36 Å². The summed E-state index contributed by atoms with van der Waals surface area (Å²) in [4.78, 5) is 18.0. The second-order valence-electron chi connectivity index (χ2n) is 8.27. The molecule has 2 aromatic carbocycles. The third-order valence-corrected chi connectivity index (χ3v) is 5.25.